The zero-order chi connectivity index (χ0) is 14.2. The molecule has 0 radical (unpaired) electrons. The van der Waals surface area contributed by atoms with E-state index in [1.807, 2.05) is 4.37 Å². The molecule has 1 aromatic carbocycles. The monoisotopic (exact) mass is 264 g/mol. The second-order valence-corrected chi connectivity index (χ2v) is 4.09. The highest BCUT2D eigenvalue weighted by molar-refractivity contribution is 6.17. The van der Waals surface area contributed by atoms with Gasteiger partial charge in [-0.3, -0.25) is 0 Å². The zero-order valence-electron chi connectivity index (χ0n) is 10.5. The van der Waals surface area contributed by atoms with Crippen LogP contribution in [0.5, 0.6) is 0 Å². The van der Waals surface area contributed by atoms with Crippen LogP contribution in [0.2, 0.25) is 0 Å². The molecule has 0 aromatic heterocycles. The zero-order valence-corrected chi connectivity index (χ0v) is 10.5. The van der Waals surface area contributed by atoms with Crippen molar-refractivity contribution < 1.29 is 23.8 Å². The van der Waals surface area contributed by atoms with Crippen LogP contribution in [0.25, 0.3) is 0 Å². The Hall–Kier alpha value is -2.34. The molecule has 0 bridgehead atoms. The van der Waals surface area contributed by atoms with Crippen molar-refractivity contribution in [1.82, 2.24) is 0 Å². The number of ether oxygens (including phenoxy) is 1. The Balaban J connectivity index is 2.61. The third-order valence-electron chi connectivity index (χ3n) is 3.11. The second kappa shape index (κ2) is 4.40. The van der Waals surface area contributed by atoms with Crippen molar-refractivity contribution in [3.8, 4) is 0 Å². The van der Waals surface area contributed by atoms with Crippen LogP contribution in [0.4, 0.5) is 0 Å². The summed E-state index contributed by atoms with van der Waals surface area (Å²) in [7, 11) is 2.43. The highest BCUT2D eigenvalue weighted by atomic mass is 16.8. The minimum atomic E-state index is -1.91. The standard InChI is InChI=1S/C13H13NO5/c1-18-11(15)9-10(14)13(17,19(2)12(9)16)8-6-4-3-5-7-8/h3-7,17H,1-2H3,(H-,14,15,16)/p+1. The van der Waals surface area contributed by atoms with Crippen molar-refractivity contribution in [2.24, 2.45) is 5.73 Å². The summed E-state index contributed by atoms with van der Waals surface area (Å²) in [4.78, 5) is 23.6. The first-order chi connectivity index (χ1) is 8.94. The van der Waals surface area contributed by atoms with Crippen molar-refractivity contribution in [1.29, 1.82) is 0 Å². The van der Waals surface area contributed by atoms with Crippen molar-refractivity contribution in [2.75, 3.05) is 14.2 Å². The van der Waals surface area contributed by atoms with Crippen molar-refractivity contribution >= 4 is 11.9 Å². The third kappa shape index (κ3) is 1.68. The number of rotatable bonds is 2. The molecule has 3 N–H and O–H groups in total. The van der Waals surface area contributed by atoms with Gasteiger partial charge in [-0.2, -0.15) is 0 Å². The second-order valence-electron chi connectivity index (χ2n) is 4.09. The van der Waals surface area contributed by atoms with Gasteiger partial charge in [0.2, 0.25) is 5.57 Å². The quantitative estimate of drug-likeness (QED) is 0.443. The van der Waals surface area contributed by atoms with Gasteiger partial charge < -0.3 is 19.9 Å². The molecule has 1 unspecified atom stereocenters. The molecule has 100 valence electrons. The van der Waals surface area contributed by atoms with Crippen LogP contribution in [-0.4, -0.2) is 31.3 Å². The van der Waals surface area contributed by atoms with Gasteiger partial charge in [0.15, 0.2) is 0 Å². The van der Waals surface area contributed by atoms with Gasteiger partial charge in [0.25, 0.3) is 0 Å². The third-order valence-corrected chi connectivity index (χ3v) is 3.11. The Morgan fingerprint density at radius 3 is 2.47 bits per heavy atom. The van der Waals surface area contributed by atoms with Crippen molar-refractivity contribution in [2.45, 2.75) is 5.79 Å². The lowest BCUT2D eigenvalue weighted by Gasteiger charge is -2.31. The van der Waals surface area contributed by atoms with Gasteiger partial charge in [-0.15, -0.1) is 0 Å². The summed E-state index contributed by atoms with van der Waals surface area (Å²) in [6.45, 7) is 0. The first-order valence-corrected chi connectivity index (χ1v) is 5.51. The average Bonchev–Trinajstić information content (AvgIpc) is 2.61. The molecule has 0 amide bonds. The number of carbonyl (C=O) groups is 2. The number of nitrogens with two attached hydrogens (primary N) is 1. The van der Waals surface area contributed by atoms with E-state index in [9.17, 15) is 14.7 Å². The number of esters is 1. The van der Waals surface area contributed by atoms with Crippen LogP contribution in [0, 0.1) is 0 Å². The molecule has 6 nitrogen and oxygen atoms in total. The summed E-state index contributed by atoms with van der Waals surface area (Å²) < 4.78 is 6.45. The van der Waals surface area contributed by atoms with Crippen LogP contribution in [0.15, 0.2) is 41.6 Å². The number of hydrogen-bond donors (Lipinski definition) is 2. The number of carbonyl (C=O) groups excluding carboxylic acids is 2. The summed E-state index contributed by atoms with van der Waals surface area (Å²) in [5.41, 5.74) is 5.53. The fraction of sp³-hybridized carbons (Fsp3) is 0.231. The molecular weight excluding hydrogens is 250 g/mol. The van der Waals surface area contributed by atoms with E-state index in [4.69, 9.17) is 5.73 Å². The molecule has 0 spiro atoms. The fourth-order valence-electron chi connectivity index (χ4n) is 2.02. The Morgan fingerprint density at radius 2 is 1.95 bits per heavy atom. The first-order valence-electron chi connectivity index (χ1n) is 5.51. The average molecular weight is 264 g/mol. The maximum absolute atomic E-state index is 12.0. The lowest BCUT2D eigenvalue weighted by atomic mass is 10.0. The molecule has 1 heterocycles. The fourth-order valence-corrected chi connectivity index (χ4v) is 2.02. The Morgan fingerprint density at radius 1 is 1.37 bits per heavy atom. The summed E-state index contributed by atoms with van der Waals surface area (Å²) >= 11 is 0. The molecule has 1 aliphatic rings. The van der Waals surface area contributed by atoms with E-state index in [-0.39, 0.29) is 11.3 Å². The Kier molecular flexibility index (Phi) is 3.03. The SMILES string of the molecule is COC(=O)C1=C(N)C(O)(c2ccccc2)[O+](C)C1=O. The minimum absolute atomic E-state index is 0.261. The predicted molar refractivity (Wildman–Crippen MR) is 65.6 cm³/mol. The van der Waals surface area contributed by atoms with Gasteiger partial charge in [-0.05, 0) is 12.1 Å². The highest BCUT2D eigenvalue weighted by Crippen LogP contribution is 2.41. The number of aliphatic hydroxyl groups is 1. The molecule has 1 atom stereocenters. The first kappa shape index (κ1) is 13.1. The van der Waals surface area contributed by atoms with Crippen LogP contribution >= 0.6 is 0 Å². The predicted octanol–water partition coefficient (Wildman–Crippen LogP) is -0.0602. The van der Waals surface area contributed by atoms with Gasteiger partial charge >= 0.3 is 17.7 Å². The van der Waals surface area contributed by atoms with E-state index >= 15 is 0 Å². The van der Waals surface area contributed by atoms with E-state index < -0.39 is 17.7 Å². The van der Waals surface area contributed by atoms with E-state index in [0.717, 1.165) is 7.11 Å². The van der Waals surface area contributed by atoms with Crippen molar-refractivity contribution in [3.63, 3.8) is 0 Å². The van der Waals surface area contributed by atoms with Gasteiger partial charge in [0, 0.05) is 4.79 Å². The van der Waals surface area contributed by atoms with Gasteiger partial charge in [0.1, 0.15) is 12.8 Å². The van der Waals surface area contributed by atoms with Crippen LogP contribution in [-0.2, 0) is 24.5 Å². The van der Waals surface area contributed by atoms with E-state index in [2.05, 4.69) is 4.74 Å². The topological polar surface area (TPSA) is 92.3 Å². The number of methoxy groups -OCH3 is 1. The van der Waals surface area contributed by atoms with Gasteiger partial charge in [0.05, 0.1) is 12.7 Å². The lowest BCUT2D eigenvalue weighted by molar-refractivity contribution is -0.275. The molecule has 19 heavy (non-hydrogen) atoms. The number of benzene rings is 1. The van der Waals surface area contributed by atoms with Crippen molar-refractivity contribution in [3.05, 3.63) is 47.2 Å². The maximum Gasteiger partial charge on any atom is 0.563 e. The van der Waals surface area contributed by atoms with Crippen LogP contribution in [0.1, 0.15) is 5.56 Å². The summed E-state index contributed by atoms with van der Waals surface area (Å²) in [5.74, 6) is -3.55. The van der Waals surface area contributed by atoms with Gasteiger partial charge in [-0.1, -0.05) is 18.2 Å². The molecular formula is C13H14NO5+. The smallest absolute Gasteiger partial charge is 0.513 e. The molecule has 0 saturated carbocycles. The molecule has 1 aliphatic heterocycles. The summed E-state index contributed by atoms with van der Waals surface area (Å²) in [5, 5.41) is 10.7. The Labute approximate surface area is 109 Å². The highest BCUT2D eigenvalue weighted by Gasteiger charge is 2.58. The molecule has 0 aliphatic carbocycles. The molecule has 1 aromatic rings. The van der Waals surface area contributed by atoms with Crippen LogP contribution in [0.3, 0.4) is 0 Å². The van der Waals surface area contributed by atoms with Gasteiger partial charge in [-0.25, -0.2) is 4.79 Å². The molecule has 0 fully saturated rings. The minimum Gasteiger partial charge on any atom is -0.513 e. The summed E-state index contributed by atoms with van der Waals surface area (Å²) in [6.07, 6.45) is 0. The van der Waals surface area contributed by atoms with E-state index in [0.29, 0.717) is 5.56 Å². The number of hydrogen-bond acceptors (Lipinski definition) is 5. The van der Waals surface area contributed by atoms with Crippen LogP contribution < -0.4 is 5.73 Å². The Bertz CT molecular complexity index is 566. The molecule has 2 rings (SSSR count). The normalized spacial score (nSPS) is 22.9. The largest absolute Gasteiger partial charge is 0.563 e. The lowest BCUT2D eigenvalue weighted by Crippen LogP contribution is -2.39. The molecule has 0 saturated heterocycles. The van der Waals surface area contributed by atoms with E-state index in [1.165, 1.54) is 7.11 Å². The maximum atomic E-state index is 12.0. The van der Waals surface area contributed by atoms with E-state index in [1.54, 1.807) is 30.3 Å². The summed E-state index contributed by atoms with van der Waals surface area (Å²) in [6, 6.07) is 8.34. The molecule has 6 heteroatoms. The number of cyclic esters (lactones) is 1.